The number of aromatic nitrogens is 2. The van der Waals surface area contributed by atoms with Crippen LogP contribution < -0.4 is 10.3 Å². The average molecular weight is 295 g/mol. The number of hydrogen-bond donors (Lipinski definition) is 1. The number of halogens is 1. The summed E-state index contributed by atoms with van der Waals surface area (Å²) in [6, 6.07) is 6.22. The van der Waals surface area contributed by atoms with Crippen molar-refractivity contribution in [1.82, 2.24) is 9.97 Å². The number of esters is 1. The zero-order valence-corrected chi connectivity index (χ0v) is 11.3. The van der Waals surface area contributed by atoms with Gasteiger partial charge >= 0.3 is 5.97 Å². The van der Waals surface area contributed by atoms with Gasteiger partial charge in [0.05, 0.1) is 18.5 Å². The highest BCUT2D eigenvalue weighted by molar-refractivity contribution is 6.31. The van der Waals surface area contributed by atoms with Crippen LogP contribution in [0.1, 0.15) is 17.3 Å². The van der Waals surface area contributed by atoms with Crippen molar-refractivity contribution in [2.24, 2.45) is 0 Å². The van der Waals surface area contributed by atoms with Crippen LogP contribution >= 0.6 is 11.6 Å². The fourth-order valence-corrected chi connectivity index (χ4v) is 1.56. The van der Waals surface area contributed by atoms with E-state index in [0.29, 0.717) is 17.9 Å². The Hall–Kier alpha value is -2.34. The standard InChI is InChI=1S/C13H11ClN2O4/c1-2-19-13(18)8-3-5-9(6-4-8)20-12-10(14)11(17)15-7-16-12/h3-7H,2H2,1H3,(H,15,16,17). The summed E-state index contributed by atoms with van der Waals surface area (Å²) in [5.74, 6) is -0.0105. The van der Waals surface area contributed by atoms with Crippen molar-refractivity contribution < 1.29 is 14.3 Å². The van der Waals surface area contributed by atoms with Crippen molar-refractivity contribution in [3.8, 4) is 11.6 Å². The minimum atomic E-state index is -0.486. The highest BCUT2D eigenvalue weighted by Crippen LogP contribution is 2.23. The van der Waals surface area contributed by atoms with E-state index in [2.05, 4.69) is 9.97 Å². The quantitative estimate of drug-likeness (QED) is 0.876. The second-order valence-electron chi connectivity index (χ2n) is 3.70. The first-order valence-corrected chi connectivity index (χ1v) is 6.18. The van der Waals surface area contributed by atoms with Gasteiger partial charge in [-0.1, -0.05) is 11.6 Å². The molecule has 0 aliphatic heterocycles. The van der Waals surface area contributed by atoms with Crippen LogP contribution in [0.15, 0.2) is 35.4 Å². The first-order chi connectivity index (χ1) is 9.61. The topological polar surface area (TPSA) is 81.3 Å². The van der Waals surface area contributed by atoms with Crippen molar-refractivity contribution in [3.05, 3.63) is 51.5 Å². The van der Waals surface area contributed by atoms with E-state index in [1.807, 2.05) is 0 Å². The monoisotopic (exact) mass is 294 g/mol. The molecule has 0 atom stereocenters. The summed E-state index contributed by atoms with van der Waals surface area (Å²) in [6.07, 6.45) is 1.19. The third-order valence-electron chi connectivity index (χ3n) is 2.34. The lowest BCUT2D eigenvalue weighted by Gasteiger charge is -2.06. The molecule has 1 aromatic carbocycles. The number of carbonyl (C=O) groups is 1. The van der Waals surface area contributed by atoms with Gasteiger partial charge in [-0.3, -0.25) is 4.79 Å². The van der Waals surface area contributed by atoms with Gasteiger partial charge in [0.2, 0.25) is 5.88 Å². The average Bonchev–Trinajstić information content (AvgIpc) is 2.45. The van der Waals surface area contributed by atoms with Crippen LogP contribution in [0.4, 0.5) is 0 Å². The molecule has 0 unspecified atom stereocenters. The number of nitrogens with zero attached hydrogens (tertiary/aromatic N) is 1. The van der Waals surface area contributed by atoms with Crippen molar-refractivity contribution >= 4 is 17.6 Å². The van der Waals surface area contributed by atoms with Crippen LogP contribution in [0.25, 0.3) is 0 Å². The zero-order chi connectivity index (χ0) is 14.5. The Morgan fingerprint density at radius 1 is 1.35 bits per heavy atom. The molecular weight excluding hydrogens is 284 g/mol. The maximum absolute atomic E-state index is 11.5. The Morgan fingerprint density at radius 3 is 2.70 bits per heavy atom. The summed E-state index contributed by atoms with van der Waals surface area (Å²) >= 11 is 5.76. The summed E-state index contributed by atoms with van der Waals surface area (Å²) in [6.45, 7) is 2.04. The van der Waals surface area contributed by atoms with Gasteiger partial charge in [-0.2, -0.15) is 0 Å². The van der Waals surface area contributed by atoms with E-state index in [4.69, 9.17) is 21.1 Å². The number of hydrogen-bond acceptors (Lipinski definition) is 5. The van der Waals surface area contributed by atoms with Gasteiger partial charge in [0, 0.05) is 0 Å². The van der Waals surface area contributed by atoms with Gasteiger partial charge in [0.25, 0.3) is 5.56 Å². The molecular formula is C13H11ClN2O4. The molecule has 6 nitrogen and oxygen atoms in total. The predicted molar refractivity (Wildman–Crippen MR) is 72.3 cm³/mol. The van der Waals surface area contributed by atoms with E-state index < -0.39 is 11.5 Å². The summed E-state index contributed by atoms with van der Waals surface area (Å²) in [5.41, 5.74) is -0.0797. The Labute approximate surface area is 119 Å². The number of nitrogens with one attached hydrogen (secondary N) is 1. The predicted octanol–water partition coefficient (Wildman–Crippen LogP) is 2.39. The van der Waals surface area contributed by atoms with E-state index in [9.17, 15) is 9.59 Å². The SMILES string of the molecule is CCOC(=O)c1ccc(Oc2nc[nH]c(=O)c2Cl)cc1. The molecule has 0 saturated heterocycles. The fourth-order valence-electron chi connectivity index (χ4n) is 1.42. The summed E-state index contributed by atoms with van der Waals surface area (Å²) in [7, 11) is 0. The van der Waals surface area contributed by atoms with Crippen LogP contribution in [0.5, 0.6) is 11.6 Å². The van der Waals surface area contributed by atoms with Gasteiger partial charge in [-0.05, 0) is 31.2 Å². The van der Waals surface area contributed by atoms with E-state index in [1.54, 1.807) is 31.2 Å². The molecule has 0 fully saturated rings. The molecule has 1 heterocycles. The molecule has 0 aliphatic carbocycles. The van der Waals surface area contributed by atoms with Crippen LogP contribution in [0.3, 0.4) is 0 Å². The third kappa shape index (κ3) is 3.16. The van der Waals surface area contributed by atoms with Gasteiger partial charge in [-0.25, -0.2) is 9.78 Å². The van der Waals surface area contributed by atoms with Crippen LogP contribution in [0.2, 0.25) is 5.02 Å². The molecule has 0 amide bonds. The summed E-state index contributed by atoms with van der Waals surface area (Å²) in [4.78, 5) is 28.9. The number of benzene rings is 1. The van der Waals surface area contributed by atoms with Crippen molar-refractivity contribution in [2.75, 3.05) is 6.61 Å². The zero-order valence-electron chi connectivity index (χ0n) is 10.6. The van der Waals surface area contributed by atoms with E-state index >= 15 is 0 Å². The van der Waals surface area contributed by atoms with Crippen LogP contribution in [0, 0.1) is 0 Å². The Balaban J connectivity index is 2.17. The Morgan fingerprint density at radius 2 is 2.05 bits per heavy atom. The van der Waals surface area contributed by atoms with Gasteiger partial charge in [0.1, 0.15) is 5.75 Å². The van der Waals surface area contributed by atoms with Crippen LogP contribution in [-0.2, 0) is 4.74 Å². The number of carbonyl (C=O) groups excluding carboxylic acids is 1. The van der Waals surface area contributed by atoms with E-state index in [1.165, 1.54) is 6.33 Å². The van der Waals surface area contributed by atoms with Gasteiger partial charge in [-0.15, -0.1) is 0 Å². The van der Waals surface area contributed by atoms with E-state index in [-0.39, 0.29) is 10.9 Å². The lowest BCUT2D eigenvalue weighted by atomic mass is 10.2. The first kappa shape index (κ1) is 14.1. The maximum atomic E-state index is 11.5. The van der Waals surface area contributed by atoms with Crippen molar-refractivity contribution in [1.29, 1.82) is 0 Å². The molecule has 1 N–H and O–H groups in total. The molecule has 0 saturated carbocycles. The maximum Gasteiger partial charge on any atom is 0.338 e. The molecule has 20 heavy (non-hydrogen) atoms. The molecule has 1 aromatic heterocycles. The molecule has 7 heteroatoms. The summed E-state index contributed by atoms with van der Waals surface area (Å²) < 4.78 is 10.2. The highest BCUT2D eigenvalue weighted by atomic mass is 35.5. The normalized spacial score (nSPS) is 10.1. The Bertz CT molecular complexity index is 667. The molecule has 0 spiro atoms. The molecule has 0 radical (unpaired) electrons. The minimum Gasteiger partial charge on any atom is -0.462 e. The van der Waals surface area contributed by atoms with Crippen molar-refractivity contribution in [2.45, 2.75) is 6.92 Å². The fraction of sp³-hybridized carbons (Fsp3) is 0.154. The molecule has 2 rings (SSSR count). The second kappa shape index (κ2) is 6.21. The largest absolute Gasteiger partial charge is 0.462 e. The Kier molecular flexibility index (Phi) is 4.37. The highest BCUT2D eigenvalue weighted by Gasteiger charge is 2.10. The smallest absolute Gasteiger partial charge is 0.338 e. The minimum absolute atomic E-state index is 0.000647. The molecule has 2 aromatic rings. The number of H-pyrrole nitrogens is 1. The van der Waals surface area contributed by atoms with Gasteiger partial charge in [0.15, 0.2) is 5.02 Å². The number of rotatable bonds is 4. The number of aromatic amines is 1. The number of ether oxygens (including phenoxy) is 2. The summed E-state index contributed by atoms with van der Waals surface area (Å²) in [5, 5.41) is -0.137. The first-order valence-electron chi connectivity index (χ1n) is 5.80. The van der Waals surface area contributed by atoms with E-state index in [0.717, 1.165) is 0 Å². The van der Waals surface area contributed by atoms with Crippen molar-refractivity contribution in [3.63, 3.8) is 0 Å². The molecule has 0 aliphatic rings. The lowest BCUT2D eigenvalue weighted by molar-refractivity contribution is 0.0526. The lowest BCUT2D eigenvalue weighted by Crippen LogP contribution is -2.08. The molecule has 0 bridgehead atoms. The molecule has 104 valence electrons. The van der Waals surface area contributed by atoms with Crippen LogP contribution in [-0.4, -0.2) is 22.5 Å². The third-order valence-corrected chi connectivity index (χ3v) is 2.68. The van der Waals surface area contributed by atoms with Gasteiger partial charge < -0.3 is 14.5 Å². The second-order valence-corrected chi connectivity index (χ2v) is 4.08.